The number of carbonyl (C=O) groups excluding carboxylic acids is 1. The van der Waals surface area contributed by atoms with Crippen LogP contribution in [0.4, 0.5) is 0 Å². The van der Waals surface area contributed by atoms with Gasteiger partial charge in [-0.2, -0.15) is 0 Å². The van der Waals surface area contributed by atoms with Crippen molar-refractivity contribution in [1.82, 2.24) is 4.72 Å². The number of carbonyl (C=O) groups is 1. The third-order valence-corrected chi connectivity index (χ3v) is 4.92. The fourth-order valence-corrected chi connectivity index (χ4v) is 3.42. The quantitative estimate of drug-likeness (QED) is 0.735. The van der Waals surface area contributed by atoms with Crippen molar-refractivity contribution < 1.29 is 22.7 Å². The standard InChI is InChI=1S/C17H19NO5S/c1-22-16-9-8-15(11-17(16)23-2)24(20,21)18-14(12-19)10-13-6-4-3-5-7-13/h3-9,11-12,14,18H,10H2,1-2H3/t14-/m0/s1. The highest BCUT2D eigenvalue weighted by atomic mass is 32.2. The molecular formula is C17H19NO5S. The van der Waals surface area contributed by atoms with Gasteiger partial charge in [0.2, 0.25) is 10.0 Å². The van der Waals surface area contributed by atoms with Gasteiger partial charge in [-0.3, -0.25) is 0 Å². The van der Waals surface area contributed by atoms with Gasteiger partial charge >= 0.3 is 0 Å². The van der Waals surface area contributed by atoms with Gasteiger partial charge in [0.15, 0.2) is 11.5 Å². The predicted octanol–water partition coefficient (Wildman–Crippen LogP) is 1.79. The van der Waals surface area contributed by atoms with Gasteiger partial charge < -0.3 is 14.3 Å². The SMILES string of the molecule is COc1ccc(S(=O)(=O)N[C@H](C=O)Cc2ccccc2)cc1OC. The molecule has 6 nitrogen and oxygen atoms in total. The molecule has 2 aromatic carbocycles. The van der Waals surface area contributed by atoms with E-state index in [1.54, 1.807) is 0 Å². The molecule has 2 rings (SSSR count). The van der Waals surface area contributed by atoms with Crippen molar-refractivity contribution in [2.24, 2.45) is 0 Å². The van der Waals surface area contributed by atoms with Crippen molar-refractivity contribution in [2.45, 2.75) is 17.4 Å². The first-order chi connectivity index (χ1) is 11.5. The Balaban J connectivity index is 2.21. The molecule has 1 N–H and O–H groups in total. The summed E-state index contributed by atoms with van der Waals surface area (Å²) in [7, 11) is -0.979. The van der Waals surface area contributed by atoms with Crippen molar-refractivity contribution in [1.29, 1.82) is 0 Å². The number of hydrogen-bond donors (Lipinski definition) is 1. The number of aldehydes is 1. The number of rotatable bonds is 8. The predicted molar refractivity (Wildman–Crippen MR) is 89.9 cm³/mol. The van der Waals surface area contributed by atoms with Crippen LogP contribution in [0.25, 0.3) is 0 Å². The molecule has 0 unspecified atom stereocenters. The van der Waals surface area contributed by atoms with E-state index in [-0.39, 0.29) is 11.3 Å². The second-order valence-corrected chi connectivity index (χ2v) is 6.78. The van der Waals surface area contributed by atoms with Crippen LogP contribution in [0.1, 0.15) is 5.56 Å². The maximum atomic E-state index is 12.5. The molecule has 0 spiro atoms. The van der Waals surface area contributed by atoms with Gasteiger partial charge in [0.25, 0.3) is 0 Å². The van der Waals surface area contributed by atoms with Gasteiger partial charge in [0.05, 0.1) is 25.2 Å². The van der Waals surface area contributed by atoms with Crippen LogP contribution < -0.4 is 14.2 Å². The minimum absolute atomic E-state index is 0.0000571. The second kappa shape index (κ2) is 7.94. The summed E-state index contributed by atoms with van der Waals surface area (Å²) < 4.78 is 37.6. The fraction of sp³-hybridized carbons (Fsp3) is 0.235. The van der Waals surface area contributed by atoms with Crippen LogP contribution in [0.2, 0.25) is 0 Å². The summed E-state index contributed by atoms with van der Waals surface area (Å²) in [6.45, 7) is 0. The Labute approximate surface area is 141 Å². The molecule has 0 amide bonds. The number of methoxy groups -OCH3 is 2. The molecule has 0 aliphatic carbocycles. The highest BCUT2D eigenvalue weighted by molar-refractivity contribution is 7.89. The van der Waals surface area contributed by atoms with Crippen LogP contribution in [0, 0.1) is 0 Å². The molecule has 24 heavy (non-hydrogen) atoms. The van der Waals surface area contributed by atoms with Gasteiger partial charge in [-0.25, -0.2) is 13.1 Å². The molecule has 0 aliphatic heterocycles. The van der Waals surface area contributed by atoms with E-state index in [0.717, 1.165) is 5.56 Å². The van der Waals surface area contributed by atoms with E-state index in [0.29, 0.717) is 17.8 Å². The molecule has 0 aliphatic rings. The van der Waals surface area contributed by atoms with Crippen molar-refractivity contribution in [3.63, 3.8) is 0 Å². The molecule has 0 bridgehead atoms. The number of hydrogen-bond acceptors (Lipinski definition) is 5. The Morgan fingerprint density at radius 3 is 2.29 bits per heavy atom. The Kier molecular flexibility index (Phi) is 5.94. The van der Waals surface area contributed by atoms with E-state index >= 15 is 0 Å². The molecule has 0 saturated heterocycles. The van der Waals surface area contributed by atoms with E-state index in [9.17, 15) is 13.2 Å². The summed E-state index contributed by atoms with van der Waals surface area (Å²) in [5.41, 5.74) is 0.865. The van der Waals surface area contributed by atoms with Crippen LogP contribution in [0.5, 0.6) is 11.5 Å². The highest BCUT2D eigenvalue weighted by Gasteiger charge is 2.21. The van der Waals surface area contributed by atoms with Crippen molar-refractivity contribution in [2.75, 3.05) is 14.2 Å². The first-order valence-corrected chi connectivity index (χ1v) is 8.72. The number of nitrogens with one attached hydrogen (secondary N) is 1. The second-order valence-electron chi connectivity index (χ2n) is 5.07. The van der Waals surface area contributed by atoms with Gasteiger partial charge in [-0.1, -0.05) is 30.3 Å². The van der Waals surface area contributed by atoms with Crippen LogP contribution in [-0.4, -0.2) is 35.0 Å². The molecule has 0 heterocycles. The molecule has 0 aromatic heterocycles. The summed E-state index contributed by atoms with van der Waals surface area (Å²) in [4.78, 5) is 11.3. The average molecular weight is 349 g/mol. The summed E-state index contributed by atoms with van der Waals surface area (Å²) >= 11 is 0. The lowest BCUT2D eigenvalue weighted by Crippen LogP contribution is -2.37. The van der Waals surface area contributed by atoms with Gasteiger partial charge in [-0.05, 0) is 24.1 Å². The lowest BCUT2D eigenvalue weighted by atomic mass is 10.1. The van der Waals surface area contributed by atoms with E-state index in [4.69, 9.17) is 9.47 Å². The molecule has 0 radical (unpaired) electrons. The van der Waals surface area contributed by atoms with Crippen LogP contribution in [0.3, 0.4) is 0 Å². The van der Waals surface area contributed by atoms with Crippen LogP contribution >= 0.6 is 0 Å². The van der Waals surface area contributed by atoms with Crippen LogP contribution in [-0.2, 0) is 21.2 Å². The Morgan fingerprint density at radius 2 is 1.71 bits per heavy atom. The monoisotopic (exact) mass is 349 g/mol. The maximum Gasteiger partial charge on any atom is 0.241 e. The Bertz CT molecular complexity index is 790. The Hall–Kier alpha value is -2.38. The number of ether oxygens (including phenoxy) is 2. The third-order valence-electron chi connectivity index (χ3n) is 3.43. The molecule has 0 fully saturated rings. The molecule has 2 aromatic rings. The smallest absolute Gasteiger partial charge is 0.241 e. The largest absolute Gasteiger partial charge is 0.493 e. The Morgan fingerprint density at radius 1 is 1.04 bits per heavy atom. The summed E-state index contributed by atoms with van der Waals surface area (Å²) in [5.74, 6) is 0.721. The zero-order chi connectivity index (χ0) is 17.6. The molecule has 128 valence electrons. The van der Waals surface area contributed by atoms with E-state index < -0.39 is 16.1 Å². The van der Waals surface area contributed by atoms with E-state index in [1.807, 2.05) is 30.3 Å². The number of sulfonamides is 1. The van der Waals surface area contributed by atoms with Gasteiger partial charge in [0.1, 0.15) is 6.29 Å². The molecule has 1 atom stereocenters. The van der Waals surface area contributed by atoms with Crippen molar-refractivity contribution in [3.05, 3.63) is 54.1 Å². The third kappa shape index (κ3) is 4.33. The molecular weight excluding hydrogens is 330 g/mol. The first-order valence-electron chi connectivity index (χ1n) is 7.23. The summed E-state index contributed by atoms with van der Waals surface area (Å²) in [6, 6.07) is 12.6. The lowest BCUT2D eigenvalue weighted by molar-refractivity contribution is -0.109. The van der Waals surface area contributed by atoms with E-state index in [2.05, 4.69) is 4.72 Å². The summed E-state index contributed by atoms with van der Waals surface area (Å²) in [5, 5.41) is 0. The van der Waals surface area contributed by atoms with Gasteiger partial charge in [-0.15, -0.1) is 0 Å². The zero-order valence-electron chi connectivity index (χ0n) is 13.4. The average Bonchev–Trinajstić information content (AvgIpc) is 2.61. The zero-order valence-corrected chi connectivity index (χ0v) is 14.2. The fourth-order valence-electron chi connectivity index (χ4n) is 2.24. The van der Waals surface area contributed by atoms with E-state index in [1.165, 1.54) is 32.4 Å². The topological polar surface area (TPSA) is 81.7 Å². The highest BCUT2D eigenvalue weighted by Crippen LogP contribution is 2.29. The molecule has 0 saturated carbocycles. The van der Waals surface area contributed by atoms with Crippen molar-refractivity contribution >= 4 is 16.3 Å². The van der Waals surface area contributed by atoms with Crippen molar-refractivity contribution in [3.8, 4) is 11.5 Å². The number of benzene rings is 2. The maximum absolute atomic E-state index is 12.5. The normalized spacial score (nSPS) is 12.4. The van der Waals surface area contributed by atoms with Crippen LogP contribution in [0.15, 0.2) is 53.4 Å². The minimum atomic E-state index is -3.87. The van der Waals surface area contributed by atoms with Gasteiger partial charge in [0, 0.05) is 6.07 Å². The summed E-state index contributed by atoms with van der Waals surface area (Å²) in [6.07, 6.45) is 0.863. The first kappa shape index (κ1) is 18.0. The molecule has 7 heteroatoms. The minimum Gasteiger partial charge on any atom is -0.493 e. The lowest BCUT2D eigenvalue weighted by Gasteiger charge is -2.15.